The fourth-order valence-corrected chi connectivity index (χ4v) is 5.03. The summed E-state index contributed by atoms with van der Waals surface area (Å²) in [7, 11) is -2.56. The predicted octanol–water partition coefficient (Wildman–Crippen LogP) is 2.27. The predicted molar refractivity (Wildman–Crippen MR) is 112 cm³/mol. The summed E-state index contributed by atoms with van der Waals surface area (Å²) in [6.45, 7) is 1.52. The number of nitrogens with zero attached hydrogens (tertiary/aromatic N) is 3. The van der Waals surface area contributed by atoms with Crippen LogP contribution in [0.3, 0.4) is 0 Å². The van der Waals surface area contributed by atoms with E-state index in [-0.39, 0.29) is 34.2 Å². The van der Waals surface area contributed by atoms with Crippen LogP contribution in [-0.2, 0) is 22.6 Å². The first-order chi connectivity index (χ1) is 15.1. The zero-order valence-electron chi connectivity index (χ0n) is 17.1. The normalized spacial score (nSPS) is 19.2. The molecule has 0 saturated carbocycles. The number of nitrogens with one attached hydrogen (secondary N) is 2. The molecule has 0 aliphatic carbocycles. The van der Waals surface area contributed by atoms with Crippen LogP contribution in [0.15, 0.2) is 53.7 Å². The van der Waals surface area contributed by atoms with Gasteiger partial charge >= 0.3 is 0 Å². The maximum absolute atomic E-state index is 13.6. The van der Waals surface area contributed by atoms with Gasteiger partial charge in [-0.3, -0.25) is 9.78 Å². The van der Waals surface area contributed by atoms with E-state index in [0.29, 0.717) is 5.69 Å². The first kappa shape index (κ1) is 21.5. The monoisotopic (exact) mass is 455 g/mol. The quantitative estimate of drug-likeness (QED) is 0.624. The fraction of sp³-hybridized carbons (Fsp3) is 0.190. The smallest absolute Gasteiger partial charge is 0.276 e. The van der Waals surface area contributed by atoms with E-state index < -0.39 is 27.3 Å². The van der Waals surface area contributed by atoms with Crippen LogP contribution < -0.4 is 14.8 Å². The molecule has 0 bridgehead atoms. The molecule has 1 aromatic carbocycles. The molecule has 11 heteroatoms. The van der Waals surface area contributed by atoms with Gasteiger partial charge in [0.15, 0.2) is 11.4 Å². The molecule has 164 valence electrons. The molecule has 1 aliphatic rings. The fourth-order valence-electron chi connectivity index (χ4n) is 3.46. The third kappa shape index (κ3) is 3.70. The molecule has 0 saturated heterocycles. The Kier molecular flexibility index (Phi) is 5.20. The Labute approximate surface area is 183 Å². The van der Waals surface area contributed by atoms with E-state index >= 15 is 0 Å². The zero-order chi connectivity index (χ0) is 23.1. The molecule has 2 aromatic heterocycles. The Balaban J connectivity index is 1.71. The van der Waals surface area contributed by atoms with Crippen LogP contribution in [0.2, 0.25) is 0 Å². The van der Waals surface area contributed by atoms with Crippen molar-refractivity contribution in [1.82, 2.24) is 14.3 Å². The number of fused-ring (bicyclic) bond motifs is 1. The Hall–Kier alpha value is -3.75. The molecule has 0 radical (unpaired) electrons. The number of aryl methyl sites for hydroxylation is 1. The maximum Gasteiger partial charge on any atom is 0.276 e. The number of benzene rings is 1. The first-order valence-electron chi connectivity index (χ1n) is 9.43. The minimum Gasteiger partial charge on any atom is -0.487 e. The SMILES string of the molecule is Cn1cc2c(c1C(=O)Nc1ccc(F)c(C#N)c1)OC[C@](C)(c1ccccn1)NS2(=O)=O. The van der Waals surface area contributed by atoms with Crippen LogP contribution in [0, 0.1) is 17.1 Å². The van der Waals surface area contributed by atoms with Crippen molar-refractivity contribution in [3.63, 3.8) is 0 Å². The number of halogens is 1. The largest absolute Gasteiger partial charge is 0.487 e. The van der Waals surface area contributed by atoms with Crippen molar-refractivity contribution in [1.29, 1.82) is 5.26 Å². The molecule has 0 fully saturated rings. The molecule has 1 aliphatic heterocycles. The second-order valence-electron chi connectivity index (χ2n) is 7.48. The number of hydrogen-bond donors (Lipinski definition) is 2. The van der Waals surface area contributed by atoms with Crippen LogP contribution in [0.5, 0.6) is 5.75 Å². The summed E-state index contributed by atoms with van der Waals surface area (Å²) in [5, 5.41) is 11.5. The minimum absolute atomic E-state index is 0.0431. The summed E-state index contributed by atoms with van der Waals surface area (Å²) in [6, 6.07) is 10.4. The Morgan fingerprint density at radius 2 is 2.16 bits per heavy atom. The Bertz CT molecular complexity index is 1360. The highest BCUT2D eigenvalue weighted by Crippen LogP contribution is 2.36. The molecule has 3 heterocycles. The summed E-state index contributed by atoms with van der Waals surface area (Å²) in [6.07, 6.45) is 2.83. The first-order valence-corrected chi connectivity index (χ1v) is 10.9. The molecule has 1 amide bonds. The van der Waals surface area contributed by atoms with Crippen LogP contribution >= 0.6 is 0 Å². The van der Waals surface area contributed by atoms with Crippen molar-refractivity contribution >= 4 is 21.6 Å². The number of ether oxygens (including phenoxy) is 1. The molecule has 1 atom stereocenters. The van der Waals surface area contributed by atoms with Crippen molar-refractivity contribution in [3.8, 4) is 11.8 Å². The van der Waals surface area contributed by atoms with Gasteiger partial charge in [-0.1, -0.05) is 6.07 Å². The standard InChI is InChI=1S/C21H18FN5O4S/c1-21(17-5-3-4-8-24-17)12-31-19-16(32(29,30)26-21)11-27(2)18(19)20(28)25-14-6-7-15(22)13(9-14)10-23/h3-9,11,26H,12H2,1-2H3,(H,25,28)/t21-/m1/s1. The van der Waals surface area contributed by atoms with Gasteiger partial charge in [0.1, 0.15) is 28.9 Å². The number of pyridine rings is 1. The maximum atomic E-state index is 13.6. The highest BCUT2D eigenvalue weighted by molar-refractivity contribution is 7.89. The lowest BCUT2D eigenvalue weighted by molar-refractivity contribution is 0.101. The van der Waals surface area contributed by atoms with Crippen molar-refractivity contribution < 1.29 is 22.3 Å². The summed E-state index contributed by atoms with van der Waals surface area (Å²) < 4.78 is 49.6. The van der Waals surface area contributed by atoms with Gasteiger partial charge in [-0.05, 0) is 37.3 Å². The lowest BCUT2D eigenvalue weighted by Crippen LogP contribution is -2.46. The van der Waals surface area contributed by atoms with Crippen LogP contribution in [0.1, 0.15) is 28.7 Å². The van der Waals surface area contributed by atoms with Gasteiger partial charge in [0.2, 0.25) is 10.0 Å². The minimum atomic E-state index is -4.07. The van der Waals surface area contributed by atoms with E-state index in [2.05, 4.69) is 15.0 Å². The van der Waals surface area contributed by atoms with Gasteiger partial charge in [-0.15, -0.1) is 0 Å². The average molecular weight is 455 g/mol. The van der Waals surface area contributed by atoms with E-state index in [1.54, 1.807) is 37.4 Å². The lowest BCUT2D eigenvalue weighted by atomic mass is 10.00. The van der Waals surface area contributed by atoms with Crippen molar-refractivity contribution in [2.45, 2.75) is 17.4 Å². The van der Waals surface area contributed by atoms with Crippen LogP contribution in [-0.4, -0.2) is 30.5 Å². The van der Waals surface area contributed by atoms with E-state index in [1.165, 1.54) is 29.9 Å². The number of anilines is 1. The number of sulfonamides is 1. The van der Waals surface area contributed by atoms with Crippen LogP contribution in [0.25, 0.3) is 0 Å². The highest BCUT2D eigenvalue weighted by atomic mass is 32.2. The third-order valence-corrected chi connectivity index (χ3v) is 6.64. The van der Waals surface area contributed by atoms with Crippen molar-refractivity contribution in [2.24, 2.45) is 7.05 Å². The van der Waals surface area contributed by atoms with E-state index in [4.69, 9.17) is 10.00 Å². The number of hydrogen-bond acceptors (Lipinski definition) is 6. The van der Waals surface area contributed by atoms with Gasteiger partial charge in [0.05, 0.1) is 11.3 Å². The topological polar surface area (TPSA) is 126 Å². The van der Waals surface area contributed by atoms with Gasteiger partial charge in [0, 0.05) is 25.1 Å². The molecule has 2 N–H and O–H groups in total. The van der Waals surface area contributed by atoms with Gasteiger partial charge in [-0.25, -0.2) is 12.8 Å². The number of rotatable bonds is 3. The zero-order valence-corrected chi connectivity index (χ0v) is 17.9. The van der Waals surface area contributed by atoms with Gasteiger partial charge < -0.3 is 14.6 Å². The second kappa shape index (κ2) is 7.74. The summed E-state index contributed by atoms with van der Waals surface area (Å²) in [5.41, 5.74) is -0.812. The van der Waals surface area contributed by atoms with Gasteiger partial charge in [-0.2, -0.15) is 9.98 Å². The van der Waals surface area contributed by atoms with E-state index in [9.17, 15) is 17.6 Å². The molecule has 3 aromatic rings. The van der Waals surface area contributed by atoms with E-state index in [0.717, 1.165) is 6.07 Å². The number of nitriles is 1. The summed E-state index contributed by atoms with van der Waals surface area (Å²) >= 11 is 0. The molecular weight excluding hydrogens is 437 g/mol. The van der Waals surface area contributed by atoms with Gasteiger partial charge in [0.25, 0.3) is 5.91 Å². The number of carbonyl (C=O) groups excluding carboxylic acids is 1. The number of aromatic nitrogens is 2. The molecule has 32 heavy (non-hydrogen) atoms. The van der Waals surface area contributed by atoms with Crippen molar-refractivity contribution in [2.75, 3.05) is 11.9 Å². The number of amides is 1. The average Bonchev–Trinajstić information content (AvgIpc) is 3.06. The van der Waals surface area contributed by atoms with Crippen LogP contribution in [0.4, 0.5) is 10.1 Å². The Morgan fingerprint density at radius 3 is 2.84 bits per heavy atom. The highest BCUT2D eigenvalue weighted by Gasteiger charge is 2.41. The molecule has 0 spiro atoms. The summed E-state index contributed by atoms with van der Waals surface area (Å²) in [5.74, 6) is -1.51. The lowest BCUT2D eigenvalue weighted by Gasteiger charge is -2.27. The van der Waals surface area contributed by atoms with E-state index in [1.807, 2.05) is 0 Å². The molecule has 4 rings (SSSR count). The summed E-state index contributed by atoms with van der Waals surface area (Å²) in [4.78, 5) is 17.0. The number of carbonyl (C=O) groups is 1. The molecule has 9 nitrogen and oxygen atoms in total. The van der Waals surface area contributed by atoms with Crippen molar-refractivity contribution in [3.05, 3.63) is 71.6 Å². The second-order valence-corrected chi connectivity index (χ2v) is 9.13. The Morgan fingerprint density at radius 1 is 1.38 bits per heavy atom. The molecule has 0 unspecified atom stereocenters. The molecular formula is C21H18FN5O4S. The third-order valence-electron chi connectivity index (χ3n) is 5.05.